The number of likely N-dealkylation sites (N-methyl/N-ethyl adjacent to an activating group) is 1. The average molecular weight is 617 g/mol. The van der Waals surface area contributed by atoms with Crippen LogP contribution in [-0.2, 0) is 14.4 Å². The minimum atomic E-state index is -1.57. The van der Waals surface area contributed by atoms with Gasteiger partial charge >= 0.3 is 0 Å². The zero-order valence-corrected chi connectivity index (χ0v) is 25.2. The number of phenolic OH excluding ortho intramolecular Hbond substituents is 1. The van der Waals surface area contributed by atoms with E-state index in [4.69, 9.17) is 5.73 Å². The van der Waals surface area contributed by atoms with E-state index in [2.05, 4.69) is 10.3 Å². The largest absolute Gasteiger partial charge is 0.510 e. The number of carbonyl (C=O) groups excluding carboxylic acids is 3. The van der Waals surface area contributed by atoms with Crippen LogP contribution in [0.1, 0.15) is 28.8 Å². The van der Waals surface area contributed by atoms with Gasteiger partial charge in [-0.15, -0.1) is 11.3 Å². The quantitative estimate of drug-likeness (QED) is 0.141. The molecule has 6 rings (SSSR count). The molecule has 1 heterocycles. The average Bonchev–Trinajstić information content (AvgIpc) is 3.34. The van der Waals surface area contributed by atoms with Crippen molar-refractivity contribution < 1.29 is 34.8 Å². The number of hydrogen-bond donors (Lipinski definition) is 6. The first-order valence-electron chi connectivity index (χ1n) is 14.1. The Hall–Kier alpha value is -4.52. The van der Waals surface area contributed by atoms with Crippen molar-refractivity contribution in [1.29, 1.82) is 0 Å². The Labute approximate surface area is 257 Å². The molecule has 3 aromatic rings. The van der Waals surface area contributed by atoms with Crippen molar-refractivity contribution in [3.8, 4) is 17.0 Å². The number of aryl methyl sites for hydroxylation is 1. The van der Waals surface area contributed by atoms with E-state index in [1.807, 2.05) is 37.3 Å². The molecular formula is C32H32N4O7S. The normalized spacial score (nSPS) is 26.4. The Kier molecular flexibility index (Phi) is 7.10. The lowest BCUT2D eigenvalue weighted by Crippen LogP contribution is -2.61. The molecule has 2 aromatic carbocycles. The molecule has 6 unspecified atom stereocenters. The summed E-state index contributed by atoms with van der Waals surface area (Å²) >= 11 is 1.39. The summed E-state index contributed by atoms with van der Waals surface area (Å²) in [7, 11) is 3.18. The van der Waals surface area contributed by atoms with Crippen LogP contribution in [0.2, 0.25) is 0 Å². The molecule has 0 bridgehead atoms. The van der Waals surface area contributed by atoms with Crippen LogP contribution in [0.4, 0.5) is 10.8 Å². The number of primary amides is 1. The minimum Gasteiger partial charge on any atom is -0.510 e. The molecule has 0 spiro atoms. The summed E-state index contributed by atoms with van der Waals surface area (Å²) in [5, 5.41) is 49.3. The first-order valence-corrected chi connectivity index (χ1v) is 14.9. The lowest BCUT2D eigenvalue weighted by molar-refractivity contribution is -0.143. The van der Waals surface area contributed by atoms with Crippen molar-refractivity contribution in [2.24, 2.45) is 23.5 Å². The Balaban J connectivity index is 1.44. The van der Waals surface area contributed by atoms with Crippen molar-refractivity contribution in [1.82, 2.24) is 9.88 Å². The molecule has 7 N–H and O–H groups in total. The summed E-state index contributed by atoms with van der Waals surface area (Å²) in [6.07, 6.45) is -1.37. The molecule has 0 aliphatic heterocycles. The number of nitrogens with one attached hydrogen (secondary N) is 1. The number of aliphatic hydroxyl groups excluding tert-OH is 3. The van der Waals surface area contributed by atoms with Gasteiger partial charge in [-0.3, -0.25) is 19.3 Å². The number of amides is 1. The predicted molar refractivity (Wildman–Crippen MR) is 164 cm³/mol. The number of aromatic nitrogens is 1. The number of benzene rings is 2. The number of aliphatic hydroxyl groups is 3. The van der Waals surface area contributed by atoms with Crippen LogP contribution in [0.3, 0.4) is 0 Å². The number of rotatable bonds is 5. The first-order chi connectivity index (χ1) is 20.8. The number of fused-ring (bicyclic) bond motifs is 3. The third-order valence-corrected chi connectivity index (χ3v) is 9.96. The Morgan fingerprint density at radius 1 is 1.05 bits per heavy atom. The maximum atomic E-state index is 14.1. The van der Waals surface area contributed by atoms with Crippen molar-refractivity contribution in [2.45, 2.75) is 31.9 Å². The molecule has 12 heteroatoms. The fourth-order valence-electron chi connectivity index (χ4n) is 7.14. The maximum absolute atomic E-state index is 14.1. The van der Waals surface area contributed by atoms with E-state index in [1.54, 1.807) is 33.2 Å². The van der Waals surface area contributed by atoms with Crippen molar-refractivity contribution in [2.75, 3.05) is 19.4 Å². The molecule has 1 aromatic heterocycles. The van der Waals surface area contributed by atoms with Crippen molar-refractivity contribution in [3.63, 3.8) is 0 Å². The number of nitrogens with two attached hydrogens (primary N) is 1. The van der Waals surface area contributed by atoms with Crippen molar-refractivity contribution >= 4 is 45.4 Å². The van der Waals surface area contributed by atoms with Gasteiger partial charge in [0.1, 0.15) is 22.8 Å². The second-order valence-electron chi connectivity index (χ2n) is 11.7. The Morgan fingerprint density at radius 2 is 1.73 bits per heavy atom. The molecule has 0 radical (unpaired) electrons. The molecule has 0 saturated heterocycles. The smallest absolute Gasteiger partial charge is 0.255 e. The van der Waals surface area contributed by atoms with E-state index in [9.17, 15) is 34.8 Å². The predicted octanol–water partition coefficient (Wildman–Crippen LogP) is 3.56. The number of ketones is 2. The fraction of sp³-hybridized carbons (Fsp3) is 0.312. The lowest BCUT2D eigenvalue weighted by atomic mass is 9.56. The molecule has 1 amide bonds. The summed E-state index contributed by atoms with van der Waals surface area (Å²) in [4.78, 5) is 46.9. The topological polar surface area (TPSA) is 186 Å². The van der Waals surface area contributed by atoms with Gasteiger partial charge in [-0.25, -0.2) is 4.98 Å². The van der Waals surface area contributed by atoms with Crippen LogP contribution in [-0.4, -0.2) is 74.0 Å². The summed E-state index contributed by atoms with van der Waals surface area (Å²) in [5.41, 5.74) is 6.98. The summed E-state index contributed by atoms with van der Waals surface area (Å²) in [6, 6.07) is 11.9. The third-order valence-electron chi connectivity index (χ3n) is 9.08. The number of Topliss-reactive ketones (excluding diaryl/α,β-unsaturated/α-hetero) is 2. The highest BCUT2D eigenvalue weighted by Gasteiger charge is 2.60. The van der Waals surface area contributed by atoms with Gasteiger partial charge in [0.05, 0.1) is 35.0 Å². The van der Waals surface area contributed by atoms with E-state index in [0.717, 1.165) is 16.1 Å². The number of thiazole rings is 1. The number of aromatic hydroxyl groups is 1. The van der Waals surface area contributed by atoms with Gasteiger partial charge in [0.2, 0.25) is 0 Å². The summed E-state index contributed by atoms with van der Waals surface area (Å²) in [6.45, 7) is 3.70. The molecule has 3 aliphatic carbocycles. The van der Waals surface area contributed by atoms with Crippen molar-refractivity contribution in [3.05, 3.63) is 75.4 Å². The van der Waals surface area contributed by atoms with E-state index in [1.165, 1.54) is 16.2 Å². The molecule has 6 atom stereocenters. The zero-order chi connectivity index (χ0) is 31.8. The Morgan fingerprint density at radius 3 is 2.36 bits per heavy atom. The van der Waals surface area contributed by atoms with E-state index in [0.29, 0.717) is 10.7 Å². The summed E-state index contributed by atoms with van der Waals surface area (Å²) < 4.78 is 0. The monoisotopic (exact) mass is 616 g/mol. The number of carbonyl (C=O) groups is 3. The van der Waals surface area contributed by atoms with E-state index in [-0.39, 0.29) is 22.6 Å². The van der Waals surface area contributed by atoms with Crippen LogP contribution in [0.15, 0.2) is 59.4 Å². The van der Waals surface area contributed by atoms with Crippen LogP contribution < -0.4 is 11.1 Å². The van der Waals surface area contributed by atoms with Gasteiger partial charge in [-0.2, -0.15) is 0 Å². The SMILES string of the molecule is Cc1sc(Nc2ccc3c(c2O)C(O)=C2C(=O)C4C(=O)C(C(N)=O)=C(O)C(N(C)C)C4C(O)C2C3C)nc1-c1ccccc1. The lowest BCUT2D eigenvalue weighted by Gasteiger charge is -2.50. The van der Waals surface area contributed by atoms with E-state index < -0.39 is 70.4 Å². The molecule has 3 aliphatic rings. The summed E-state index contributed by atoms with van der Waals surface area (Å²) in [5.74, 6) is -8.68. The van der Waals surface area contributed by atoms with Gasteiger partial charge in [0.25, 0.3) is 5.91 Å². The van der Waals surface area contributed by atoms with Gasteiger partial charge < -0.3 is 31.5 Å². The number of hydrogen-bond acceptors (Lipinski definition) is 11. The van der Waals surface area contributed by atoms with Gasteiger partial charge in [-0.05, 0) is 38.6 Å². The minimum absolute atomic E-state index is 0.00485. The highest BCUT2D eigenvalue weighted by Crippen LogP contribution is 2.55. The van der Waals surface area contributed by atoms with Gasteiger partial charge in [-0.1, -0.05) is 43.3 Å². The highest BCUT2D eigenvalue weighted by atomic mass is 32.1. The van der Waals surface area contributed by atoms with E-state index >= 15 is 0 Å². The van der Waals surface area contributed by atoms with Crippen LogP contribution in [0.25, 0.3) is 17.0 Å². The number of phenols is 1. The molecule has 1 fully saturated rings. The van der Waals surface area contributed by atoms with Crippen LogP contribution >= 0.6 is 11.3 Å². The molecular weight excluding hydrogens is 584 g/mol. The number of anilines is 2. The molecule has 228 valence electrons. The molecule has 44 heavy (non-hydrogen) atoms. The van der Waals surface area contributed by atoms with Crippen LogP contribution in [0, 0.1) is 24.7 Å². The zero-order valence-electron chi connectivity index (χ0n) is 24.4. The van der Waals surface area contributed by atoms with Gasteiger partial charge in [0.15, 0.2) is 16.7 Å². The second kappa shape index (κ2) is 10.6. The Bertz CT molecular complexity index is 1790. The molecule has 1 saturated carbocycles. The van der Waals surface area contributed by atoms with Crippen LogP contribution in [0.5, 0.6) is 5.75 Å². The highest BCUT2D eigenvalue weighted by molar-refractivity contribution is 7.16. The maximum Gasteiger partial charge on any atom is 0.255 e. The standard InChI is InChI=1S/C32H32N4O7S/c1-12-15-10-11-16(34-32-35-23(13(2)44-32)14-8-6-5-7-9-14)25(37)18(15)27(39)20-17(12)26(38)19-21(28(20)40)29(41)22(31(33)43)30(42)24(19)36(3)4/h5-12,17,19,21,24,26,37-39,42H,1-4H3,(H2,33,43)(H,34,35). The first kappa shape index (κ1) is 29.5. The molecule has 11 nitrogen and oxygen atoms in total. The third kappa shape index (κ3) is 4.24. The fourth-order valence-corrected chi connectivity index (χ4v) is 7.99. The second-order valence-corrected chi connectivity index (χ2v) is 12.9. The number of nitrogens with zero attached hydrogens (tertiary/aromatic N) is 2. The van der Waals surface area contributed by atoms with Gasteiger partial charge in [0, 0.05) is 27.8 Å².